The maximum Gasteiger partial charge on any atom is 0.255 e. The van der Waals surface area contributed by atoms with E-state index in [0.717, 1.165) is 24.8 Å². The predicted octanol–water partition coefficient (Wildman–Crippen LogP) is 1.26. The Morgan fingerprint density at radius 2 is 2.04 bits per heavy atom. The highest BCUT2D eigenvalue weighted by Gasteiger charge is 2.37. The molecule has 0 spiro atoms. The lowest BCUT2D eigenvalue weighted by Gasteiger charge is -2.38. The third-order valence-electron chi connectivity index (χ3n) is 5.11. The normalized spacial score (nSPS) is 21.0. The fourth-order valence-corrected chi connectivity index (χ4v) is 3.87. The standard InChI is InChI=1S/C19H27N3O4/c1-14-9-15(11-20-10-14)19(24)21-6-3-17(12-21)22(18(23)13-25-2)16-4-7-26-8-5-16/h9-11,16-17H,3-8,12-13H2,1-2H3. The van der Waals surface area contributed by atoms with Gasteiger partial charge in [-0.3, -0.25) is 14.6 Å². The molecule has 3 rings (SSSR count). The second kappa shape index (κ2) is 8.60. The molecular formula is C19H27N3O4. The zero-order valence-corrected chi connectivity index (χ0v) is 15.5. The molecule has 26 heavy (non-hydrogen) atoms. The van der Waals surface area contributed by atoms with Crippen LogP contribution in [0.5, 0.6) is 0 Å². The van der Waals surface area contributed by atoms with Gasteiger partial charge in [-0.05, 0) is 37.8 Å². The highest BCUT2D eigenvalue weighted by Crippen LogP contribution is 2.24. The monoisotopic (exact) mass is 361 g/mol. The number of hydrogen-bond donors (Lipinski definition) is 0. The minimum Gasteiger partial charge on any atom is -0.381 e. The molecular weight excluding hydrogens is 334 g/mol. The summed E-state index contributed by atoms with van der Waals surface area (Å²) in [5, 5.41) is 0. The fourth-order valence-electron chi connectivity index (χ4n) is 3.87. The van der Waals surface area contributed by atoms with E-state index < -0.39 is 0 Å². The first-order valence-electron chi connectivity index (χ1n) is 9.19. The molecule has 1 unspecified atom stereocenters. The minimum absolute atomic E-state index is 0.00378. The Morgan fingerprint density at radius 1 is 1.27 bits per heavy atom. The lowest BCUT2D eigenvalue weighted by atomic mass is 10.0. The van der Waals surface area contributed by atoms with E-state index in [1.807, 2.05) is 22.8 Å². The number of aromatic nitrogens is 1. The van der Waals surface area contributed by atoms with E-state index >= 15 is 0 Å². The molecule has 0 bridgehead atoms. The van der Waals surface area contributed by atoms with E-state index in [2.05, 4.69) is 4.98 Å². The van der Waals surface area contributed by atoms with E-state index in [1.54, 1.807) is 12.4 Å². The van der Waals surface area contributed by atoms with Crippen LogP contribution in [0.1, 0.15) is 35.2 Å². The van der Waals surface area contributed by atoms with Crippen LogP contribution in [-0.2, 0) is 14.3 Å². The van der Waals surface area contributed by atoms with Crippen molar-refractivity contribution in [1.82, 2.24) is 14.8 Å². The highest BCUT2D eigenvalue weighted by molar-refractivity contribution is 5.94. The maximum absolute atomic E-state index is 12.8. The quantitative estimate of drug-likeness (QED) is 0.789. The van der Waals surface area contributed by atoms with Crippen molar-refractivity contribution in [1.29, 1.82) is 0 Å². The van der Waals surface area contributed by atoms with Crippen LogP contribution in [0.3, 0.4) is 0 Å². The van der Waals surface area contributed by atoms with Crippen LogP contribution in [0.4, 0.5) is 0 Å². The summed E-state index contributed by atoms with van der Waals surface area (Å²) < 4.78 is 10.5. The number of methoxy groups -OCH3 is 1. The molecule has 2 fully saturated rings. The van der Waals surface area contributed by atoms with Crippen molar-refractivity contribution < 1.29 is 19.1 Å². The second-order valence-electron chi connectivity index (χ2n) is 7.02. The number of ether oxygens (including phenoxy) is 2. The van der Waals surface area contributed by atoms with Gasteiger partial charge in [-0.15, -0.1) is 0 Å². The molecule has 1 aromatic heterocycles. The Hall–Kier alpha value is -1.99. The maximum atomic E-state index is 12.8. The van der Waals surface area contributed by atoms with E-state index in [9.17, 15) is 9.59 Å². The summed E-state index contributed by atoms with van der Waals surface area (Å²) in [5.74, 6) is -0.0225. The molecule has 7 nitrogen and oxygen atoms in total. The number of aryl methyl sites for hydroxylation is 1. The van der Waals surface area contributed by atoms with Gasteiger partial charge in [-0.2, -0.15) is 0 Å². The average Bonchev–Trinajstić information content (AvgIpc) is 3.12. The van der Waals surface area contributed by atoms with Gasteiger partial charge >= 0.3 is 0 Å². The van der Waals surface area contributed by atoms with Crippen LogP contribution >= 0.6 is 0 Å². The molecule has 0 N–H and O–H groups in total. The number of carbonyl (C=O) groups excluding carboxylic acids is 2. The molecule has 142 valence electrons. The van der Waals surface area contributed by atoms with Crippen LogP contribution in [0.15, 0.2) is 18.5 Å². The van der Waals surface area contributed by atoms with Crippen molar-refractivity contribution in [2.75, 3.05) is 40.0 Å². The van der Waals surface area contributed by atoms with Crippen molar-refractivity contribution in [2.45, 2.75) is 38.3 Å². The average molecular weight is 361 g/mol. The molecule has 2 aliphatic rings. The van der Waals surface area contributed by atoms with E-state index in [-0.39, 0.29) is 30.5 Å². The van der Waals surface area contributed by atoms with Gasteiger partial charge in [0, 0.05) is 51.8 Å². The third kappa shape index (κ3) is 4.22. The second-order valence-corrected chi connectivity index (χ2v) is 7.02. The summed E-state index contributed by atoms with van der Waals surface area (Å²) in [7, 11) is 1.54. The number of amides is 2. The molecule has 0 aromatic carbocycles. The number of nitrogens with zero attached hydrogens (tertiary/aromatic N) is 3. The zero-order chi connectivity index (χ0) is 18.5. The van der Waals surface area contributed by atoms with Crippen LogP contribution in [0.25, 0.3) is 0 Å². The van der Waals surface area contributed by atoms with Gasteiger partial charge < -0.3 is 19.3 Å². The minimum atomic E-state index is -0.0187. The van der Waals surface area contributed by atoms with Crippen molar-refractivity contribution in [3.8, 4) is 0 Å². The summed E-state index contributed by atoms with van der Waals surface area (Å²) in [5.41, 5.74) is 1.57. The van der Waals surface area contributed by atoms with Crippen LogP contribution in [-0.4, -0.2) is 78.7 Å². The topological polar surface area (TPSA) is 72.0 Å². The SMILES string of the molecule is COCC(=O)N(C1CCOCC1)C1CCN(C(=O)c2cncc(C)c2)C1. The molecule has 0 radical (unpaired) electrons. The molecule has 3 heterocycles. The lowest BCUT2D eigenvalue weighted by Crippen LogP contribution is -2.51. The van der Waals surface area contributed by atoms with Crippen LogP contribution in [0, 0.1) is 6.92 Å². The van der Waals surface area contributed by atoms with Gasteiger partial charge in [0.1, 0.15) is 6.61 Å². The Labute approximate surface area is 154 Å². The first kappa shape index (κ1) is 18.8. The predicted molar refractivity (Wildman–Crippen MR) is 95.8 cm³/mol. The smallest absolute Gasteiger partial charge is 0.255 e. The lowest BCUT2D eigenvalue weighted by molar-refractivity contribution is -0.142. The Kier molecular flexibility index (Phi) is 6.21. The molecule has 0 saturated carbocycles. The largest absolute Gasteiger partial charge is 0.381 e. The Morgan fingerprint density at radius 3 is 2.73 bits per heavy atom. The summed E-state index contributed by atoms with van der Waals surface area (Å²) in [6.45, 7) is 4.55. The van der Waals surface area contributed by atoms with Gasteiger partial charge in [0.25, 0.3) is 5.91 Å². The highest BCUT2D eigenvalue weighted by atomic mass is 16.5. The van der Waals surface area contributed by atoms with E-state index in [1.165, 1.54) is 7.11 Å². The van der Waals surface area contributed by atoms with Crippen molar-refractivity contribution in [3.63, 3.8) is 0 Å². The van der Waals surface area contributed by atoms with Crippen molar-refractivity contribution in [2.24, 2.45) is 0 Å². The first-order chi connectivity index (χ1) is 12.6. The van der Waals surface area contributed by atoms with Gasteiger partial charge in [-0.25, -0.2) is 0 Å². The van der Waals surface area contributed by atoms with E-state index in [0.29, 0.717) is 31.9 Å². The molecule has 1 atom stereocenters. The Balaban J connectivity index is 1.71. The molecule has 0 aliphatic carbocycles. The molecule has 2 saturated heterocycles. The summed E-state index contributed by atoms with van der Waals surface area (Å²) >= 11 is 0. The van der Waals surface area contributed by atoms with Gasteiger partial charge in [0.2, 0.25) is 5.91 Å². The first-order valence-corrected chi connectivity index (χ1v) is 9.19. The van der Waals surface area contributed by atoms with Gasteiger partial charge in [0.15, 0.2) is 0 Å². The van der Waals surface area contributed by atoms with Crippen LogP contribution in [0.2, 0.25) is 0 Å². The fraction of sp³-hybridized carbons (Fsp3) is 0.632. The molecule has 1 aromatic rings. The summed E-state index contributed by atoms with van der Waals surface area (Å²) in [6, 6.07) is 2.05. The molecule has 7 heteroatoms. The van der Waals surface area contributed by atoms with Crippen molar-refractivity contribution >= 4 is 11.8 Å². The summed E-state index contributed by atoms with van der Waals surface area (Å²) in [4.78, 5) is 33.3. The number of pyridine rings is 1. The zero-order valence-electron chi connectivity index (χ0n) is 15.5. The molecule has 2 aliphatic heterocycles. The van der Waals surface area contributed by atoms with Crippen molar-refractivity contribution in [3.05, 3.63) is 29.6 Å². The number of rotatable bonds is 5. The van der Waals surface area contributed by atoms with Gasteiger partial charge in [-0.1, -0.05) is 0 Å². The number of likely N-dealkylation sites (tertiary alicyclic amines) is 1. The third-order valence-corrected chi connectivity index (χ3v) is 5.11. The van der Waals surface area contributed by atoms with Gasteiger partial charge in [0.05, 0.1) is 11.6 Å². The van der Waals surface area contributed by atoms with Crippen LogP contribution < -0.4 is 0 Å². The molecule has 2 amide bonds. The summed E-state index contributed by atoms with van der Waals surface area (Å²) in [6.07, 6.45) is 5.80. The number of carbonyl (C=O) groups is 2. The Bertz CT molecular complexity index is 645. The number of hydrogen-bond acceptors (Lipinski definition) is 5. The van der Waals surface area contributed by atoms with E-state index in [4.69, 9.17) is 9.47 Å².